The van der Waals surface area contributed by atoms with E-state index in [0.29, 0.717) is 5.82 Å². The number of urea groups is 1. The highest BCUT2D eigenvalue weighted by Crippen LogP contribution is 2.15. The summed E-state index contributed by atoms with van der Waals surface area (Å²) in [5, 5.41) is 7.78. The van der Waals surface area contributed by atoms with E-state index in [1.54, 1.807) is 4.90 Å². The normalized spacial score (nSPS) is 21.3. The fourth-order valence-electron chi connectivity index (χ4n) is 2.46. The number of azo groups is 1. The van der Waals surface area contributed by atoms with Crippen LogP contribution in [0.5, 0.6) is 0 Å². The molecule has 0 saturated carbocycles. The second kappa shape index (κ2) is 6.52. The first-order valence-corrected chi connectivity index (χ1v) is 6.92. The third kappa shape index (κ3) is 3.55. The zero-order valence-corrected chi connectivity index (χ0v) is 11.0. The minimum atomic E-state index is -0.215. The van der Waals surface area contributed by atoms with Gasteiger partial charge >= 0.3 is 6.03 Å². The predicted octanol–water partition coefficient (Wildman–Crippen LogP) is 3.00. The van der Waals surface area contributed by atoms with Gasteiger partial charge < -0.3 is 9.80 Å². The summed E-state index contributed by atoms with van der Waals surface area (Å²) in [7, 11) is 0. The van der Waals surface area contributed by atoms with Crippen molar-refractivity contribution in [3.63, 3.8) is 0 Å². The summed E-state index contributed by atoms with van der Waals surface area (Å²) in [5.41, 5.74) is 0. The minimum Gasteiger partial charge on any atom is -0.356 e. The van der Waals surface area contributed by atoms with Gasteiger partial charge in [0.2, 0.25) is 0 Å². The van der Waals surface area contributed by atoms with Crippen molar-refractivity contribution in [2.24, 2.45) is 10.2 Å². The van der Waals surface area contributed by atoms with Crippen LogP contribution in [0.1, 0.15) is 38.5 Å². The molecule has 2 heterocycles. The van der Waals surface area contributed by atoms with E-state index in [4.69, 9.17) is 0 Å². The summed E-state index contributed by atoms with van der Waals surface area (Å²) in [5.74, 6) is 0.625. The molecule has 2 aliphatic heterocycles. The van der Waals surface area contributed by atoms with Crippen LogP contribution in [0.2, 0.25) is 0 Å². The van der Waals surface area contributed by atoms with E-state index in [9.17, 15) is 4.79 Å². The lowest BCUT2D eigenvalue weighted by molar-refractivity contribution is 0.194. The standard InChI is InChI=1S/C13H22N4O/c1-12(16-8-4-2-5-9-16)14-15-13(18)17-10-6-3-7-11-17/h1-11H2/b15-14+. The minimum absolute atomic E-state index is 0.215. The number of amides is 2. The maximum atomic E-state index is 11.8. The van der Waals surface area contributed by atoms with Gasteiger partial charge in [0.1, 0.15) is 5.82 Å². The molecule has 2 amide bonds. The lowest BCUT2D eigenvalue weighted by Crippen LogP contribution is -2.33. The Morgan fingerprint density at radius 3 is 1.83 bits per heavy atom. The topological polar surface area (TPSA) is 48.3 Å². The third-order valence-corrected chi connectivity index (χ3v) is 3.60. The fraction of sp³-hybridized carbons (Fsp3) is 0.769. The average Bonchev–Trinajstić information content (AvgIpc) is 2.46. The highest BCUT2D eigenvalue weighted by atomic mass is 16.2. The molecule has 2 saturated heterocycles. The quantitative estimate of drug-likeness (QED) is 0.707. The van der Waals surface area contributed by atoms with E-state index in [1.165, 1.54) is 25.7 Å². The second-order valence-corrected chi connectivity index (χ2v) is 4.99. The number of nitrogens with zero attached hydrogens (tertiary/aromatic N) is 4. The van der Waals surface area contributed by atoms with Crippen LogP contribution in [0.4, 0.5) is 4.79 Å². The number of hydrogen-bond acceptors (Lipinski definition) is 3. The lowest BCUT2D eigenvalue weighted by atomic mass is 10.1. The smallest absolute Gasteiger partial charge is 0.356 e. The Kier molecular flexibility index (Phi) is 4.73. The number of likely N-dealkylation sites (tertiary alicyclic amines) is 2. The van der Waals surface area contributed by atoms with E-state index < -0.39 is 0 Å². The molecular formula is C13H22N4O. The molecule has 18 heavy (non-hydrogen) atoms. The Balaban J connectivity index is 1.81. The van der Waals surface area contributed by atoms with Crippen molar-refractivity contribution in [2.45, 2.75) is 38.5 Å². The Morgan fingerprint density at radius 2 is 1.28 bits per heavy atom. The summed E-state index contributed by atoms with van der Waals surface area (Å²) in [6, 6.07) is -0.215. The van der Waals surface area contributed by atoms with Crippen molar-refractivity contribution in [1.82, 2.24) is 9.80 Å². The number of hydrogen-bond donors (Lipinski definition) is 0. The van der Waals surface area contributed by atoms with Gasteiger partial charge in [-0.05, 0) is 38.5 Å². The predicted molar refractivity (Wildman–Crippen MR) is 70.2 cm³/mol. The monoisotopic (exact) mass is 250 g/mol. The van der Waals surface area contributed by atoms with E-state index in [1.807, 2.05) is 0 Å². The molecule has 2 rings (SSSR count). The van der Waals surface area contributed by atoms with E-state index in [2.05, 4.69) is 21.7 Å². The van der Waals surface area contributed by atoms with Gasteiger partial charge in [0, 0.05) is 26.2 Å². The molecule has 2 fully saturated rings. The molecule has 0 spiro atoms. The third-order valence-electron chi connectivity index (χ3n) is 3.60. The summed E-state index contributed by atoms with van der Waals surface area (Å²) in [6.45, 7) is 7.48. The summed E-state index contributed by atoms with van der Waals surface area (Å²) in [4.78, 5) is 15.7. The molecule has 100 valence electrons. The van der Waals surface area contributed by atoms with Crippen LogP contribution >= 0.6 is 0 Å². The van der Waals surface area contributed by atoms with Crippen molar-refractivity contribution in [3.8, 4) is 0 Å². The summed E-state index contributed by atoms with van der Waals surface area (Å²) >= 11 is 0. The molecule has 0 aromatic rings. The highest BCUT2D eigenvalue weighted by molar-refractivity contribution is 5.74. The molecule has 0 aromatic carbocycles. The van der Waals surface area contributed by atoms with Crippen molar-refractivity contribution in [3.05, 3.63) is 12.4 Å². The number of piperidine rings is 2. The molecule has 5 nitrogen and oxygen atoms in total. The molecule has 0 N–H and O–H groups in total. The van der Waals surface area contributed by atoms with Crippen LogP contribution in [-0.4, -0.2) is 42.0 Å². The first-order chi connectivity index (χ1) is 8.77. The Hall–Kier alpha value is -1.39. The summed E-state index contributed by atoms with van der Waals surface area (Å²) < 4.78 is 0. The van der Waals surface area contributed by atoms with E-state index in [-0.39, 0.29) is 6.03 Å². The van der Waals surface area contributed by atoms with Crippen LogP contribution < -0.4 is 0 Å². The van der Waals surface area contributed by atoms with Gasteiger partial charge in [0.05, 0.1) is 0 Å². The zero-order chi connectivity index (χ0) is 12.8. The Labute approximate surface area is 109 Å². The average molecular weight is 250 g/mol. The molecule has 0 aliphatic carbocycles. The van der Waals surface area contributed by atoms with Crippen molar-refractivity contribution in [2.75, 3.05) is 26.2 Å². The highest BCUT2D eigenvalue weighted by Gasteiger charge is 2.16. The van der Waals surface area contributed by atoms with Crippen molar-refractivity contribution in [1.29, 1.82) is 0 Å². The van der Waals surface area contributed by atoms with Crippen LogP contribution in [0.25, 0.3) is 0 Å². The van der Waals surface area contributed by atoms with E-state index in [0.717, 1.165) is 39.0 Å². The van der Waals surface area contributed by atoms with E-state index >= 15 is 0 Å². The van der Waals surface area contributed by atoms with Gasteiger partial charge in [-0.1, -0.05) is 11.7 Å². The molecule has 0 aromatic heterocycles. The first kappa shape index (κ1) is 13.1. The lowest BCUT2D eigenvalue weighted by Gasteiger charge is -2.27. The molecule has 5 heteroatoms. The number of rotatable bonds is 2. The maximum Gasteiger partial charge on any atom is 0.362 e. The molecular weight excluding hydrogens is 228 g/mol. The molecule has 0 unspecified atom stereocenters. The maximum absolute atomic E-state index is 11.8. The SMILES string of the molecule is C=C(/N=N/C(=O)N1CCCCC1)N1CCCCC1. The van der Waals surface area contributed by atoms with Crippen molar-refractivity contribution < 1.29 is 4.79 Å². The first-order valence-electron chi connectivity index (χ1n) is 6.92. The Morgan fingerprint density at radius 1 is 0.778 bits per heavy atom. The van der Waals surface area contributed by atoms with Gasteiger partial charge in [0.15, 0.2) is 0 Å². The molecule has 0 atom stereocenters. The van der Waals surface area contributed by atoms with Gasteiger partial charge in [-0.15, -0.1) is 5.11 Å². The van der Waals surface area contributed by atoms with Crippen LogP contribution in [0.15, 0.2) is 22.6 Å². The largest absolute Gasteiger partial charge is 0.362 e. The van der Waals surface area contributed by atoms with Gasteiger partial charge in [0.25, 0.3) is 0 Å². The van der Waals surface area contributed by atoms with Gasteiger partial charge in [-0.25, -0.2) is 4.79 Å². The fourth-order valence-corrected chi connectivity index (χ4v) is 2.46. The summed E-state index contributed by atoms with van der Waals surface area (Å²) in [6.07, 6.45) is 6.99. The van der Waals surface area contributed by atoms with Crippen molar-refractivity contribution >= 4 is 6.03 Å². The van der Waals surface area contributed by atoms with Crippen LogP contribution in [0, 0.1) is 0 Å². The zero-order valence-electron chi connectivity index (χ0n) is 11.0. The Bertz CT molecular complexity index is 296. The number of carbonyl (C=O) groups is 1. The molecule has 0 bridgehead atoms. The number of carbonyl (C=O) groups excluding carboxylic acids is 1. The second-order valence-electron chi connectivity index (χ2n) is 4.99. The van der Waals surface area contributed by atoms with Crippen LogP contribution in [0.3, 0.4) is 0 Å². The van der Waals surface area contributed by atoms with Crippen LogP contribution in [-0.2, 0) is 0 Å². The van der Waals surface area contributed by atoms with Gasteiger partial charge in [-0.2, -0.15) is 0 Å². The molecule has 0 radical (unpaired) electrons. The van der Waals surface area contributed by atoms with Gasteiger partial charge in [-0.3, -0.25) is 0 Å². The molecule has 2 aliphatic rings.